The Morgan fingerprint density at radius 2 is 1.79 bits per heavy atom. The Kier molecular flexibility index (Phi) is 4.08. The fourth-order valence-corrected chi connectivity index (χ4v) is 1.71. The number of halogens is 1. The second-order valence-electron chi connectivity index (χ2n) is 3.92. The molecule has 0 aromatic heterocycles. The summed E-state index contributed by atoms with van der Waals surface area (Å²) in [4.78, 5) is 12.0. The maximum atomic E-state index is 13.4. The Morgan fingerprint density at radius 3 is 2.53 bits per heavy atom. The smallest absolute Gasteiger partial charge is 0.189 e. The van der Waals surface area contributed by atoms with Crippen LogP contribution in [0.5, 0.6) is 5.75 Å². The molecule has 0 spiro atoms. The second kappa shape index (κ2) is 5.96. The molecule has 0 saturated heterocycles. The molecule has 0 N–H and O–H groups in total. The molecule has 0 saturated carbocycles. The summed E-state index contributed by atoms with van der Waals surface area (Å²) in [5.74, 6) is -0.0713. The van der Waals surface area contributed by atoms with Gasteiger partial charge in [0, 0.05) is 5.56 Å². The van der Waals surface area contributed by atoms with Gasteiger partial charge in [0.25, 0.3) is 0 Å². The molecule has 0 aliphatic carbocycles. The average molecular weight is 256 g/mol. The molecule has 0 amide bonds. The molecule has 0 aliphatic rings. The summed E-state index contributed by atoms with van der Waals surface area (Å²) < 4.78 is 18.5. The van der Waals surface area contributed by atoms with E-state index in [1.54, 1.807) is 42.5 Å². The lowest BCUT2D eigenvalue weighted by Gasteiger charge is -2.04. The molecule has 0 bridgehead atoms. The zero-order valence-electron chi connectivity index (χ0n) is 10.5. The Hall–Kier alpha value is -2.42. The molecule has 0 atom stereocenters. The molecular weight excluding hydrogens is 243 g/mol. The van der Waals surface area contributed by atoms with Crippen molar-refractivity contribution in [1.29, 1.82) is 0 Å². The third-order valence-corrected chi connectivity index (χ3v) is 2.69. The molecule has 0 radical (unpaired) electrons. The number of ether oxygens (including phenoxy) is 1. The Labute approximate surface area is 111 Å². The van der Waals surface area contributed by atoms with E-state index in [9.17, 15) is 9.18 Å². The molecule has 19 heavy (non-hydrogen) atoms. The van der Waals surface area contributed by atoms with Gasteiger partial charge in [-0.05, 0) is 30.4 Å². The van der Waals surface area contributed by atoms with Gasteiger partial charge < -0.3 is 4.74 Å². The quantitative estimate of drug-likeness (QED) is 0.615. The molecule has 0 heterocycles. The minimum atomic E-state index is -0.355. The van der Waals surface area contributed by atoms with Gasteiger partial charge in [-0.25, -0.2) is 4.39 Å². The van der Waals surface area contributed by atoms with E-state index in [0.29, 0.717) is 16.9 Å². The normalized spacial score (nSPS) is 10.6. The van der Waals surface area contributed by atoms with Crippen molar-refractivity contribution in [2.75, 3.05) is 7.11 Å². The van der Waals surface area contributed by atoms with Crippen molar-refractivity contribution in [1.82, 2.24) is 0 Å². The van der Waals surface area contributed by atoms with E-state index in [2.05, 4.69) is 0 Å². The van der Waals surface area contributed by atoms with Crippen LogP contribution in [0.25, 0.3) is 6.08 Å². The first-order valence-corrected chi connectivity index (χ1v) is 5.82. The van der Waals surface area contributed by atoms with E-state index >= 15 is 0 Å². The number of ketones is 1. The maximum absolute atomic E-state index is 13.4. The summed E-state index contributed by atoms with van der Waals surface area (Å²) in [6, 6.07) is 13.2. The molecule has 2 aromatic carbocycles. The number of carbonyl (C=O) groups is 1. The van der Waals surface area contributed by atoms with Gasteiger partial charge in [0.05, 0.1) is 12.7 Å². The molecule has 2 aromatic rings. The number of rotatable bonds is 4. The summed E-state index contributed by atoms with van der Waals surface area (Å²) in [6.45, 7) is 0. The van der Waals surface area contributed by atoms with E-state index in [4.69, 9.17) is 4.74 Å². The maximum Gasteiger partial charge on any atom is 0.189 e. The van der Waals surface area contributed by atoms with Crippen LogP contribution >= 0.6 is 0 Å². The average Bonchev–Trinajstić information content (AvgIpc) is 2.46. The largest absolute Gasteiger partial charge is 0.496 e. The molecule has 96 valence electrons. The number of carbonyl (C=O) groups excluding carboxylic acids is 1. The van der Waals surface area contributed by atoms with Crippen LogP contribution < -0.4 is 4.74 Å². The van der Waals surface area contributed by atoms with Crippen LogP contribution in [0.3, 0.4) is 0 Å². The van der Waals surface area contributed by atoms with Crippen molar-refractivity contribution >= 4 is 11.9 Å². The molecule has 2 nitrogen and oxygen atoms in total. The lowest BCUT2D eigenvalue weighted by Crippen LogP contribution is -1.98. The molecule has 3 heteroatoms. The van der Waals surface area contributed by atoms with Gasteiger partial charge in [-0.2, -0.15) is 0 Å². The predicted octanol–water partition coefficient (Wildman–Crippen LogP) is 3.73. The van der Waals surface area contributed by atoms with Crippen molar-refractivity contribution in [3.05, 3.63) is 71.6 Å². The summed E-state index contributed by atoms with van der Waals surface area (Å²) in [5.41, 5.74) is 0.836. The molecule has 0 aliphatic heterocycles. The SMILES string of the molecule is COc1ccccc1C(=O)C=Cc1ccccc1F. The fourth-order valence-electron chi connectivity index (χ4n) is 1.71. The zero-order valence-corrected chi connectivity index (χ0v) is 10.5. The molecule has 2 rings (SSSR count). The van der Waals surface area contributed by atoms with E-state index in [-0.39, 0.29) is 11.6 Å². The van der Waals surface area contributed by atoms with Crippen molar-refractivity contribution in [3.8, 4) is 5.75 Å². The highest BCUT2D eigenvalue weighted by molar-refractivity contribution is 6.08. The first-order valence-electron chi connectivity index (χ1n) is 5.82. The summed E-state index contributed by atoms with van der Waals surface area (Å²) in [6.07, 6.45) is 2.81. The minimum absolute atomic E-state index is 0.222. The number of benzene rings is 2. The van der Waals surface area contributed by atoms with Crippen LogP contribution in [0.15, 0.2) is 54.6 Å². The zero-order chi connectivity index (χ0) is 13.7. The van der Waals surface area contributed by atoms with Crippen LogP contribution in [0, 0.1) is 5.82 Å². The third-order valence-electron chi connectivity index (χ3n) is 2.69. The Morgan fingerprint density at radius 1 is 1.11 bits per heavy atom. The van der Waals surface area contributed by atoms with Gasteiger partial charge in [0.15, 0.2) is 5.78 Å². The van der Waals surface area contributed by atoms with Crippen LogP contribution in [-0.2, 0) is 0 Å². The number of para-hydroxylation sites is 1. The van der Waals surface area contributed by atoms with E-state index in [0.717, 1.165) is 0 Å². The second-order valence-corrected chi connectivity index (χ2v) is 3.92. The van der Waals surface area contributed by atoms with Gasteiger partial charge in [-0.1, -0.05) is 30.3 Å². The van der Waals surface area contributed by atoms with Crippen molar-refractivity contribution in [3.63, 3.8) is 0 Å². The van der Waals surface area contributed by atoms with E-state index in [1.807, 2.05) is 0 Å². The minimum Gasteiger partial charge on any atom is -0.496 e. The van der Waals surface area contributed by atoms with E-state index in [1.165, 1.54) is 25.3 Å². The Balaban J connectivity index is 2.24. The highest BCUT2D eigenvalue weighted by Gasteiger charge is 2.08. The fraction of sp³-hybridized carbons (Fsp3) is 0.0625. The summed E-state index contributed by atoms with van der Waals surface area (Å²) in [7, 11) is 1.51. The topological polar surface area (TPSA) is 26.3 Å². The van der Waals surface area contributed by atoms with Crippen molar-refractivity contribution in [2.24, 2.45) is 0 Å². The number of hydrogen-bond acceptors (Lipinski definition) is 2. The number of methoxy groups -OCH3 is 1. The summed E-state index contributed by atoms with van der Waals surface area (Å²) >= 11 is 0. The first-order chi connectivity index (χ1) is 9.22. The first kappa shape index (κ1) is 13.0. The monoisotopic (exact) mass is 256 g/mol. The highest BCUT2D eigenvalue weighted by atomic mass is 19.1. The standard InChI is InChI=1S/C16H13FO2/c1-19-16-9-5-3-7-13(16)15(18)11-10-12-6-2-4-8-14(12)17/h2-11H,1H3. The van der Waals surface area contributed by atoms with Crippen LogP contribution in [0.4, 0.5) is 4.39 Å². The number of allylic oxidation sites excluding steroid dienone is 1. The van der Waals surface area contributed by atoms with Gasteiger partial charge in [-0.15, -0.1) is 0 Å². The van der Waals surface area contributed by atoms with Crippen molar-refractivity contribution in [2.45, 2.75) is 0 Å². The molecule has 0 fully saturated rings. The van der Waals surface area contributed by atoms with Crippen LogP contribution in [-0.4, -0.2) is 12.9 Å². The van der Waals surface area contributed by atoms with Gasteiger partial charge in [-0.3, -0.25) is 4.79 Å². The highest BCUT2D eigenvalue weighted by Crippen LogP contribution is 2.19. The van der Waals surface area contributed by atoms with E-state index < -0.39 is 0 Å². The third kappa shape index (κ3) is 3.07. The lowest BCUT2D eigenvalue weighted by molar-refractivity contribution is 0.104. The van der Waals surface area contributed by atoms with Gasteiger partial charge >= 0.3 is 0 Å². The van der Waals surface area contributed by atoms with Gasteiger partial charge in [0.1, 0.15) is 11.6 Å². The lowest BCUT2D eigenvalue weighted by atomic mass is 10.1. The number of hydrogen-bond donors (Lipinski definition) is 0. The summed E-state index contributed by atoms with van der Waals surface area (Å²) in [5, 5.41) is 0. The predicted molar refractivity (Wildman–Crippen MR) is 72.8 cm³/mol. The molecular formula is C16H13FO2. The Bertz CT molecular complexity index is 618. The van der Waals surface area contributed by atoms with Crippen molar-refractivity contribution < 1.29 is 13.9 Å². The van der Waals surface area contributed by atoms with Gasteiger partial charge in [0.2, 0.25) is 0 Å². The van der Waals surface area contributed by atoms with Crippen LogP contribution in [0.2, 0.25) is 0 Å². The van der Waals surface area contributed by atoms with Crippen LogP contribution in [0.1, 0.15) is 15.9 Å². The molecule has 0 unspecified atom stereocenters.